The van der Waals surface area contributed by atoms with Crippen molar-refractivity contribution in [3.05, 3.63) is 230 Å². The minimum atomic E-state index is -0.125. The second-order valence-electron chi connectivity index (χ2n) is 22.6. The topological polar surface area (TPSA) is 15.3 Å². The molecule has 0 N–H and O–H groups in total. The quantitative estimate of drug-likeness (QED) is 0.165. The first-order valence-electron chi connectivity index (χ1n) is 26.1. The highest BCUT2D eigenvalue weighted by molar-refractivity contribution is 6.41. The molecule has 0 saturated heterocycles. The molecule has 4 heterocycles. The van der Waals surface area contributed by atoms with E-state index in [1.807, 2.05) is 0 Å². The molecular formula is C70H54N4. The summed E-state index contributed by atoms with van der Waals surface area (Å²) in [6.07, 6.45) is 0. The van der Waals surface area contributed by atoms with Crippen LogP contribution >= 0.6 is 0 Å². The average Bonchev–Trinajstić information content (AvgIpc) is 4.16. The normalized spacial score (nSPS) is 12.7. The fourth-order valence-electron chi connectivity index (χ4n) is 12.7. The molecule has 0 bridgehead atoms. The molecule has 0 unspecified atom stereocenters. The van der Waals surface area contributed by atoms with Crippen LogP contribution in [0.3, 0.4) is 0 Å². The molecule has 0 fully saturated rings. The fourth-order valence-corrected chi connectivity index (χ4v) is 12.7. The lowest BCUT2D eigenvalue weighted by Gasteiger charge is -2.29. The zero-order valence-electron chi connectivity index (χ0n) is 42.6. The van der Waals surface area contributed by atoms with Crippen molar-refractivity contribution in [3.63, 3.8) is 0 Å². The number of para-hydroxylation sites is 4. The van der Waals surface area contributed by atoms with Crippen LogP contribution < -0.4 is 9.80 Å². The van der Waals surface area contributed by atoms with Crippen LogP contribution in [0.2, 0.25) is 0 Å². The molecule has 4 aromatic heterocycles. The fraction of sp³-hybridized carbons (Fsp3) is 0.114. The lowest BCUT2D eigenvalue weighted by Crippen LogP contribution is -2.15. The predicted octanol–water partition coefficient (Wildman–Crippen LogP) is 19.8. The van der Waals surface area contributed by atoms with Gasteiger partial charge in [0.1, 0.15) is 0 Å². The van der Waals surface area contributed by atoms with Crippen molar-refractivity contribution >= 4 is 132 Å². The Labute approximate surface area is 430 Å². The maximum atomic E-state index is 2.64. The van der Waals surface area contributed by atoms with Crippen LogP contribution in [0.5, 0.6) is 0 Å². The molecule has 4 heteroatoms. The summed E-state index contributed by atoms with van der Waals surface area (Å²) in [5, 5.41) is 15.3. The molecular weight excluding hydrogens is 897 g/mol. The Kier molecular flexibility index (Phi) is 8.87. The zero-order chi connectivity index (χ0) is 49.8. The number of fused-ring (bicyclic) bond motifs is 17. The number of rotatable bonds is 6. The second-order valence-corrected chi connectivity index (χ2v) is 22.6. The molecule has 74 heavy (non-hydrogen) atoms. The summed E-state index contributed by atoms with van der Waals surface area (Å²) in [6, 6.07) is 81.6. The standard InChI is InChI=1S/C70H54N4/c1-69(2,3)45-40-55-61-51-33-21-20-24-44(51)38-59(71(47-25-11-7-12-26-47)48-27-13-8-14-28-48)68(61)73-57-35-36-58-64(62(57)56(41-45)65(55)73)63-52-34-22-19-23-43(52)37-53-54-39-46(70(4,5)6)42-60(66(54)74(58)67(53)63)72(49-29-15-9-16-30-49)50-31-17-10-18-32-50/h7-42H,1-6H3. The Morgan fingerprint density at radius 1 is 0.284 bits per heavy atom. The summed E-state index contributed by atoms with van der Waals surface area (Å²) in [4.78, 5) is 4.95. The third-order valence-corrected chi connectivity index (χ3v) is 16.1. The number of aromatic nitrogens is 2. The maximum absolute atomic E-state index is 2.64. The molecule has 15 aromatic rings. The molecule has 0 amide bonds. The summed E-state index contributed by atoms with van der Waals surface area (Å²) >= 11 is 0. The second kappa shape index (κ2) is 15.3. The Morgan fingerprint density at radius 2 is 0.676 bits per heavy atom. The molecule has 11 aromatic carbocycles. The van der Waals surface area contributed by atoms with E-state index in [0.29, 0.717) is 0 Å². The van der Waals surface area contributed by atoms with E-state index in [1.54, 1.807) is 0 Å². The lowest BCUT2D eigenvalue weighted by molar-refractivity contribution is 0.591. The van der Waals surface area contributed by atoms with Crippen LogP contribution in [0.4, 0.5) is 34.1 Å². The third kappa shape index (κ3) is 5.97. The summed E-state index contributed by atoms with van der Waals surface area (Å²) in [6.45, 7) is 14.1. The van der Waals surface area contributed by atoms with Crippen molar-refractivity contribution in [2.24, 2.45) is 0 Å². The summed E-state index contributed by atoms with van der Waals surface area (Å²) in [7, 11) is 0. The Hall–Kier alpha value is -8.86. The first-order chi connectivity index (χ1) is 36.0. The van der Waals surface area contributed by atoms with Crippen LogP contribution in [-0.4, -0.2) is 8.80 Å². The number of nitrogens with zero attached hydrogens (tertiary/aromatic N) is 4. The van der Waals surface area contributed by atoms with Gasteiger partial charge in [-0.25, -0.2) is 0 Å². The van der Waals surface area contributed by atoms with Crippen molar-refractivity contribution in [1.29, 1.82) is 0 Å². The van der Waals surface area contributed by atoms with Gasteiger partial charge in [0.05, 0.1) is 44.5 Å². The van der Waals surface area contributed by atoms with Gasteiger partial charge in [0.15, 0.2) is 0 Å². The molecule has 354 valence electrons. The van der Waals surface area contributed by atoms with Gasteiger partial charge in [-0.2, -0.15) is 0 Å². The van der Waals surface area contributed by atoms with E-state index < -0.39 is 0 Å². The molecule has 0 aliphatic rings. The van der Waals surface area contributed by atoms with Gasteiger partial charge < -0.3 is 18.6 Å². The lowest BCUT2D eigenvalue weighted by atomic mass is 9.84. The largest absolute Gasteiger partial charge is 0.308 e. The van der Waals surface area contributed by atoms with Gasteiger partial charge in [-0.05, 0) is 141 Å². The number of hydrogen-bond acceptors (Lipinski definition) is 2. The molecule has 0 radical (unpaired) electrons. The highest BCUT2D eigenvalue weighted by Gasteiger charge is 2.32. The number of hydrogen-bond donors (Lipinski definition) is 0. The van der Waals surface area contributed by atoms with E-state index in [9.17, 15) is 0 Å². The van der Waals surface area contributed by atoms with Gasteiger partial charge in [-0.15, -0.1) is 0 Å². The smallest absolute Gasteiger partial charge is 0.0789 e. The Bertz CT molecular complexity index is 4630. The highest BCUT2D eigenvalue weighted by Crippen LogP contribution is 2.54. The van der Waals surface area contributed by atoms with E-state index in [0.717, 1.165) is 34.1 Å². The minimum absolute atomic E-state index is 0.112. The van der Waals surface area contributed by atoms with E-state index in [1.165, 1.54) is 109 Å². The first-order valence-corrected chi connectivity index (χ1v) is 26.1. The van der Waals surface area contributed by atoms with Crippen molar-refractivity contribution in [1.82, 2.24) is 8.80 Å². The number of benzene rings is 11. The van der Waals surface area contributed by atoms with Gasteiger partial charge >= 0.3 is 0 Å². The molecule has 0 atom stereocenters. The van der Waals surface area contributed by atoms with Crippen LogP contribution in [0.15, 0.2) is 218 Å². The number of anilines is 6. The Morgan fingerprint density at radius 3 is 1.20 bits per heavy atom. The van der Waals surface area contributed by atoms with Crippen molar-refractivity contribution in [2.45, 2.75) is 52.4 Å². The van der Waals surface area contributed by atoms with Crippen LogP contribution in [0, 0.1) is 0 Å². The van der Waals surface area contributed by atoms with Gasteiger partial charge in [0.25, 0.3) is 0 Å². The molecule has 4 nitrogen and oxygen atoms in total. The van der Waals surface area contributed by atoms with E-state index in [2.05, 4.69) is 279 Å². The SMILES string of the molecule is CC(C)(C)c1cc(N(c2ccccc2)c2ccccc2)c2c(c1)c1cc3ccccc3c3c4c5c6cc(C(C)(C)C)cc7c8c9ccccc9cc(N(c9ccccc9)c9ccccc9)c8n(c5ccc4n2c13)c67. The molecule has 0 saturated carbocycles. The van der Waals surface area contributed by atoms with Gasteiger partial charge in [0.2, 0.25) is 0 Å². The predicted molar refractivity (Wildman–Crippen MR) is 318 cm³/mol. The van der Waals surface area contributed by atoms with Gasteiger partial charge in [0, 0.05) is 65.8 Å². The van der Waals surface area contributed by atoms with Crippen molar-refractivity contribution in [2.75, 3.05) is 9.80 Å². The van der Waals surface area contributed by atoms with Crippen LogP contribution in [0.1, 0.15) is 52.7 Å². The first kappa shape index (κ1) is 42.8. The van der Waals surface area contributed by atoms with Crippen LogP contribution in [-0.2, 0) is 10.8 Å². The van der Waals surface area contributed by atoms with Crippen molar-refractivity contribution < 1.29 is 0 Å². The summed E-state index contributed by atoms with van der Waals surface area (Å²) in [5.41, 5.74) is 16.6. The molecule has 0 spiro atoms. The monoisotopic (exact) mass is 950 g/mol. The van der Waals surface area contributed by atoms with Gasteiger partial charge in [-0.1, -0.05) is 163 Å². The average molecular weight is 951 g/mol. The Balaban J connectivity index is 1.19. The summed E-state index contributed by atoms with van der Waals surface area (Å²) in [5.74, 6) is 0. The molecule has 15 rings (SSSR count). The minimum Gasteiger partial charge on any atom is -0.308 e. The van der Waals surface area contributed by atoms with Crippen molar-refractivity contribution in [3.8, 4) is 0 Å². The molecule has 0 aliphatic heterocycles. The van der Waals surface area contributed by atoms with E-state index in [4.69, 9.17) is 0 Å². The highest BCUT2D eigenvalue weighted by atomic mass is 15.2. The molecule has 0 aliphatic carbocycles. The maximum Gasteiger partial charge on any atom is 0.0789 e. The van der Waals surface area contributed by atoms with Crippen LogP contribution in [0.25, 0.3) is 97.7 Å². The third-order valence-electron chi connectivity index (χ3n) is 16.1. The summed E-state index contributed by atoms with van der Waals surface area (Å²) < 4.78 is 5.29. The van der Waals surface area contributed by atoms with E-state index in [-0.39, 0.29) is 10.8 Å². The van der Waals surface area contributed by atoms with Gasteiger partial charge in [-0.3, -0.25) is 0 Å². The zero-order valence-corrected chi connectivity index (χ0v) is 42.6. The van der Waals surface area contributed by atoms with E-state index >= 15 is 0 Å².